The molecule has 42 N–H and O–H groups in total. The maximum absolute atomic E-state index is 14.0. The van der Waals surface area contributed by atoms with Gasteiger partial charge in [-0.2, -0.15) is 0 Å². The van der Waals surface area contributed by atoms with E-state index in [0.29, 0.717) is 0 Å². The SMILES string of the molecule is N[C@@H]1[C@@H](O)[C@H](O)[C@@H](CO[C@@H]2O[C@H](CO[C@@]3(C(=O)O)O[C@H]([C@H](O)CO)[C@H](O[C@H]4O[C@H](COP(=O)(O)O)[C@@H](O[C@@H]5O[C@H](CO[C@H]6O[C@H](CO[C@H]7O[C@H](CO[C@]8(C(=O)O)C[C@@H](O[C@@H]9O[C@H](CO[C@]%10(C(=O)O)C[C@@H](O)[C@@H](O)[C@@H](C(=O)O)O%10)[C@@H](O)[C@H](O)[C@H]9O)[C@@H](O)[C@@H](C(=O)O)O8)[C@@H](O)[C@H](O)[C@H]7O)[C@@H](O)[C@H](O)[C@H]6O)[C@@H](O)[C@H](O)[C@H]5O)[C@H](O)[C@H]4O)[C@H](O[C@]4(C(=O)O)C[C@@H](O)[C@@H](O)[C@@H]([C@H](O)CO)O4)[C@@H]3O)[C@@H](OP(=O)(O)O)[C@H](O)[C@H]2N)O[C@@H]1O. The summed E-state index contributed by atoms with van der Waals surface area (Å²) in [5.74, 6) is -28.4. The van der Waals surface area contributed by atoms with Crippen LogP contribution in [0.1, 0.15) is 19.3 Å². The number of aliphatic carboxylic acids is 6. The zero-order valence-electron chi connectivity index (χ0n) is 74.1. The Labute approximate surface area is 808 Å². The van der Waals surface area contributed by atoms with E-state index >= 15 is 0 Å². The standard InChI is InChI=1S/C72H116N2O69P2/c73-25-35(89)29(83)18(128-58(25)106)6-121-59-26(74)36(90)50(143-145(118,119)120)23(134-59)11-126-72(68(113)114)55(101)54(141-71(67(111)112)2-14(78)27(81)47(138-71)15(79)4-75)53(48(142-72)16(80)5-76)137-64-46(100)41(95)49(24(135-64)12-127-144(115,116)117)136-63-45(99)39(93)31(85)20(132-63)8-123-60-42(96)37(91)30(84)19(130-60)7-122-61-43(97)38(92)32(86)21(131-61)9-125-70(66(109)110)3-17(34(88)52(140-70)57(104)105)129-62-44(98)40(94)33(87)22(133-62)10-124-69(65(107)108)1-13(77)28(82)51(139-69)56(102)103/h13-55,58-64,75-101,106H,1-12,73-74H2,(H,102,103)(H,104,105)(H,107,108)(H,109,110)(H,111,112)(H,113,114)(H2,115,116,117)(H2,118,119,120)/t13-,14-,15-,16-,17-,18-,19-,20-,21-,22-,23-,24-,25-,26-,27-,28-,29-,30-,31-,32-,33-,34-,35-,36-,37+,38+,39+,40+,41-,42-,43-,44-,45-,46-,47-,48-,49-,50-,51+,52+,53+,54+,55+,58+,59-,60+,61+,62-,63+,64-,69-,70-,71+,72-/m1/s1. The number of carbonyl (C=O) groups is 6. The molecule has 11 heterocycles. The van der Waals surface area contributed by atoms with Gasteiger partial charge < -0.3 is 304 Å². The van der Waals surface area contributed by atoms with Gasteiger partial charge in [0.2, 0.25) is 0 Å². The molecule has 0 aromatic carbocycles. The van der Waals surface area contributed by atoms with Crippen LogP contribution in [0.2, 0.25) is 0 Å². The topological polar surface area (TPSA) is 1170 Å². The summed E-state index contributed by atoms with van der Waals surface area (Å²) in [5, 5.41) is 373. The molecule has 73 heteroatoms. The van der Waals surface area contributed by atoms with Crippen LogP contribution in [0.25, 0.3) is 0 Å². The smallest absolute Gasteiger partial charge is 0.470 e. The average molecular weight is 2180 g/mol. The average Bonchev–Trinajstić information content (AvgIpc) is 0.752. The van der Waals surface area contributed by atoms with Crippen LogP contribution in [0.4, 0.5) is 0 Å². The summed E-state index contributed by atoms with van der Waals surface area (Å²) >= 11 is 0. The van der Waals surface area contributed by atoms with Gasteiger partial charge in [0.15, 0.2) is 56.2 Å². The molecule has 11 aliphatic rings. The van der Waals surface area contributed by atoms with Gasteiger partial charge in [0.1, 0.15) is 220 Å². The molecule has 11 fully saturated rings. The fourth-order valence-electron chi connectivity index (χ4n) is 17.3. The van der Waals surface area contributed by atoms with E-state index in [9.17, 15) is 231 Å². The van der Waals surface area contributed by atoms with Gasteiger partial charge in [-0.15, -0.1) is 0 Å². The van der Waals surface area contributed by atoms with E-state index in [2.05, 4.69) is 4.52 Å². The predicted octanol–water partition coefficient (Wildman–Crippen LogP) is -25.0. The number of phosphoric ester groups is 2. The zero-order chi connectivity index (χ0) is 108. The second-order valence-electron chi connectivity index (χ2n) is 35.3. The Morgan fingerprint density at radius 1 is 0.331 bits per heavy atom. The van der Waals surface area contributed by atoms with Crippen LogP contribution in [-0.4, -0.2) is 618 Å². The van der Waals surface area contributed by atoms with E-state index in [-0.39, 0.29) is 0 Å². The highest BCUT2D eigenvalue weighted by Gasteiger charge is 2.70. The Hall–Kier alpha value is -5.00. The van der Waals surface area contributed by atoms with Crippen LogP contribution in [0.15, 0.2) is 0 Å². The van der Waals surface area contributed by atoms with E-state index < -0.39 is 460 Å². The molecule has 11 saturated heterocycles. The molecule has 0 unspecified atom stereocenters. The molecule has 0 aliphatic carbocycles. The zero-order valence-corrected chi connectivity index (χ0v) is 75.8. The lowest BCUT2D eigenvalue weighted by molar-refractivity contribution is -0.422. The number of ether oxygens (including phenoxy) is 21. The van der Waals surface area contributed by atoms with Crippen molar-refractivity contribution in [1.82, 2.24) is 0 Å². The van der Waals surface area contributed by atoms with Crippen molar-refractivity contribution < 1.29 is 340 Å². The first-order valence-electron chi connectivity index (χ1n) is 43.4. The van der Waals surface area contributed by atoms with Gasteiger partial charge in [-0.25, -0.2) is 37.9 Å². The second-order valence-corrected chi connectivity index (χ2v) is 37.7. The van der Waals surface area contributed by atoms with E-state index in [1.807, 2.05) is 0 Å². The third-order valence-corrected chi connectivity index (χ3v) is 26.5. The number of nitrogens with two attached hydrogens (primary N) is 2. The van der Waals surface area contributed by atoms with Crippen molar-refractivity contribution in [2.45, 2.75) is 349 Å². The van der Waals surface area contributed by atoms with Gasteiger partial charge in [-0.1, -0.05) is 0 Å². The molecular formula is C72H116N2O69P2. The summed E-state index contributed by atoms with van der Waals surface area (Å²) in [6, 6.07) is -3.66. The molecule has 838 valence electrons. The first-order valence-corrected chi connectivity index (χ1v) is 46.5. The van der Waals surface area contributed by atoms with E-state index in [0.717, 1.165) is 0 Å². The predicted molar refractivity (Wildman–Crippen MR) is 423 cm³/mol. The quantitative estimate of drug-likeness (QED) is 0.0253. The highest BCUT2D eigenvalue weighted by atomic mass is 31.2. The molecule has 0 bridgehead atoms. The number of aliphatic hydroxyl groups excluding tert-OH is 28. The van der Waals surface area contributed by atoms with Crippen molar-refractivity contribution in [2.24, 2.45) is 11.5 Å². The number of carboxylic acids is 6. The van der Waals surface area contributed by atoms with Gasteiger partial charge in [0.05, 0.1) is 89.9 Å². The molecule has 0 amide bonds. The summed E-state index contributed by atoms with van der Waals surface area (Å²) < 4.78 is 151. The minimum Gasteiger partial charge on any atom is -0.479 e. The molecule has 0 spiro atoms. The number of phosphoric acid groups is 2. The van der Waals surface area contributed by atoms with Crippen molar-refractivity contribution in [1.29, 1.82) is 0 Å². The fraction of sp³-hybridized carbons (Fsp3) is 0.917. The molecule has 11 aliphatic heterocycles. The van der Waals surface area contributed by atoms with Crippen LogP contribution in [-0.2, 0) is 146 Å². The first kappa shape index (κ1) is 120. The second kappa shape index (κ2) is 48.3. The molecule has 0 saturated carbocycles. The monoisotopic (exact) mass is 2170 g/mol. The maximum atomic E-state index is 14.0. The van der Waals surface area contributed by atoms with Crippen molar-refractivity contribution in [3.63, 3.8) is 0 Å². The summed E-state index contributed by atoms with van der Waals surface area (Å²) in [6.07, 6.45) is -123. The molecule has 0 aromatic heterocycles. The molecule has 145 heavy (non-hydrogen) atoms. The van der Waals surface area contributed by atoms with Crippen molar-refractivity contribution >= 4 is 51.5 Å². The van der Waals surface area contributed by atoms with Crippen LogP contribution in [0.3, 0.4) is 0 Å². The van der Waals surface area contributed by atoms with Crippen LogP contribution >= 0.6 is 15.6 Å². The number of rotatable bonds is 41. The Balaban J connectivity index is 0.788. The lowest BCUT2D eigenvalue weighted by Gasteiger charge is -2.54. The number of aliphatic hydroxyl groups is 28. The number of hydrogen-bond acceptors (Lipinski definition) is 61. The molecule has 0 aromatic rings. The third kappa shape index (κ3) is 26.0. The van der Waals surface area contributed by atoms with Gasteiger partial charge >= 0.3 is 51.5 Å². The largest absolute Gasteiger partial charge is 0.479 e. The van der Waals surface area contributed by atoms with Gasteiger partial charge in [0.25, 0.3) is 23.1 Å². The molecule has 54 atom stereocenters. The van der Waals surface area contributed by atoms with Crippen molar-refractivity contribution in [3.05, 3.63) is 0 Å². The number of carboxylic acid groups (broad SMARTS) is 6. The van der Waals surface area contributed by atoms with E-state index in [1.54, 1.807) is 0 Å². The Bertz CT molecular complexity index is 4390. The highest BCUT2D eigenvalue weighted by molar-refractivity contribution is 7.46. The summed E-state index contributed by atoms with van der Waals surface area (Å²) in [7, 11) is -11.8. The maximum Gasteiger partial charge on any atom is 0.470 e. The normalized spacial score (nSPS) is 48.2. The lowest BCUT2D eigenvalue weighted by Crippen LogP contribution is -2.75. The molecular weight excluding hydrogens is 2060 g/mol. The lowest BCUT2D eigenvalue weighted by atomic mass is 9.87. The minimum absolute atomic E-state index is 0.999. The Morgan fingerprint density at radius 2 is 0.710 bits per heavy atom. The Morgan fingerprint density at radius 3 is 1.17 bits per heavy atom. The van der Waals surface area contributed by atoms with Gasteiger partial charge in [0, 0.05) is 19.3 Å². The third-order valence-electron chi connectivity index (χ3n) is 25.5. The van der Waals surface area contributed by atoms with Gasteiger partial charge in [-0.05, 0) is 0 Å². The summed E-state index contributed by atoms with van der Waals surface area (Å²) in [5.41, 5.74) is 11.7. The van der Waals surface area contributed by atoms with Gasteiger partial charge in [-0.3, -0.25) is 9.05 Å². The summed E-state index contributed by atoms with van der Waals surface area (Å²) in [6.45, 7) is -12.8. The minimum atomic E-state index is -5.93. The number of hydrogen-bond donors (Lipinski definition) is 40. The van der Waals surface area contributed by atoms with Crippen LogP contribution in [0, 0.1) is 0 Å². The van der Waals surface area contributed by atoms with Crippen LogP contribution in [0.5, 0.6) is 0 Å². The fourth-order valence-corrected chi connectivity index (χ4v) is 18.2. The van der Waals surface area contributed by atoms with E-state index in [4.69, 9.17) is 115 Å². The van der Waals surface area contributed by atoms with Crippen LogP contribution < -0.4 is 11.5 Å². The highest BCUT2D eigenvalue weighted by Crippen LogP contribution is 2.48. The summed E-state index contributed by atoms with van der Waals surface area (Å²) in [4.78, 5) is 118. The van der Waals surface area contributed by atoms with Crippen molar-refractivity contribution in [3.8, 4) is 0 Å². The van der Waals surface area contributed by atoms with E-state index in [1.165, 1.54) is 0 Å². The van der Waals surface area contributed by atoms with Crippen molar-refractivity contribution in [2.75, 3.05) is 59.5 Å². The first-order chi connectivity index (χ1) is 67.5. The molecule has 0 radical (unpaired) electrons. The molecule has 71 nitrogen and oxygen atoms in total. The Kier molecular flexibility index (Phi) is 40.1. The molecule has 11 rings (SSSR count).